The first-order chi connectivity index (χ1) is 8.72. The summed E-state index contributed by atoms with van der Waals surface area (Å²) in [6.07, 6.45) is 0. The van der Waals surface area contributed by atoms with Crippen molar-refractivity contribution in [3.63, 3.8) is 0 Å². The number of benzene rings is 1. The Hall–Kier alpha value is -1.87. The van der Waals surface area contributed by atoms with Crippen molar-refractivity contribution in [1.82, 2.24) is 5.01 Å². The quantitative estimate of drug-likeness (QED) is 0.267. The minimum absolute atomic E-state index is 0. The van der Waals surface area contributed by atoms with Gasteiger partial charge in [0.1, 0.15) is 0 Å². The van der Waals surface area contributed by atoms with Crippen LogP contribution in [0, 0.1) is 0 Å². The van der Waals surface area contributed by atoms with E-state index in [9.17, 15) is 19.8 Å². The van der Waals surface area contributed by atoms with Crippen LogP contribution < -0.4 is 11.7 Å². The number of aromatic hydroxyl groups is 2. The zero-order chi connectivity index (χ0) is 14.8. The second-order valence-corrected chi connectivity index (χ2v) is 4.28. The summed E-state index contributed by atoms with van der Waals surface area (Å²) in [5, 5.41) is 19.1. The number of hydrazine groups is 1. The fourth-order valence-electron chi connectivity index (χ4n) is 1.27. The van der Waals surface area contributed by atoms with Crippen molar-refractivity contribution in [1.29, 1.82) is 0 Å². The van der Waals surface area contributed by atoms with E-state index in [1.54, 1.807) is 0 Å². The van der Waals surface area contributed by atoms with Crippen molar-refractivity contribution in [3.05, 3.63) is 23.8 Å². The highest BCUT2D eigenvalue weighted by Crippen LogP contribution is 2.29. The van der Waals surface area contributed by atoms with Crippen LogP contribution in [0.2, 0.25) is 0 Å². The molecule has 112 valence electrons. The van der Waals surface area contributed by atoms with Crippen molar-refractivity contribution < 1.29 is 24.6 Å². The molecule has 0 aliphatic carbocycles. The number of amides is 2. The van der Waals surface area contributed by atoms with Gasteiger partial charge in [-0.1, -0.05) is 6.07 Å². The number of rotatable bonds is 3. The Bertz CT molecular complexity index is 521. The normalized spacial score (nSPS) is 10.6. The first-order valence-corrected chi connectivity index (χ1v) is 5.24. The number of para-hydroxylation sites is 1. The second kappa shape index (κ2) is 6.53. The molecule has 0 fully saturated rings. The van der Waals surface area contributed by atoms with Gasteiger partial charge in [-0.25, -0.2) is 16.7 Å². The van der Waals surface area contributed by atoms with Gasteiger partial charge in [0, 0.05) is 0 Å². The van der Waals surface area contributed by atoms with Crippen LogP contribution in [0.25, 0.3) is 0 Å². The largest absolute Gasteiger partial charge is 0.504 e. The van der Waals surface area contributed by atoms with Gasteiger partial charge in [-0.05, 0) is 26.0 Å². The molecule has 0 atom stereocenters. The maximum atomic E-state index is 11.9. The number of hydrogen-bond acceptors (Lipinski definition) is 7. The van der Waals surface area contributed by atoms with Crippen LogP contribution in [0.15, 0.2) is 18.2 Å². The van der Waals surface area contributed by atoms with Gasteiger partial charge in [-0.15, -0.1) is 12.4 Å². The van der Waals surface area contributed by atoms with Crippen LogP contribution in [-0.4, -0.2) is 32.6 Å². The average molecular weight is 306 g/mol. The highest BCUT2D eigenvalue weighted by atomic mass is 35.5. The molecule has 0 saturated heterocycles. The van der Waals surface area contributed by atoms with Gasteiger partial charge in [0.2, 0.25) is 0 Å². The van der Waals surface area contributed by atoms with Crippen LogP contribution in [0.4, 0.5) is 0 Å². The molecule has 1 aromatic carbocycles. The molecular weight excluding hydrogens is 290 g/mol. The second-order valence-electron chi connectivity index (χ2n) is 4.28. The first kappa shape index (κ1) is 18.1. The number of nitrogens with zero attached hydrogens (tertiary/aromatic N) is 1. The van der Waals surface area contributed by atoms with E-state index < -0.39 is 28.9 Å². The van der Waals surface area contributed by atoms with Crippen molar-refractivity contribution in [3.8, 4) is 11.5 Å². The van der Waals surface area contributed by atoms with E-state index in [2.05, 4.69) is 4.84 Å². The molecule has 0 unspecified atom stereocenters. The Morgan fingerprint density at radius 2 is 1.85 bits per heavy atom. The summed E-state index contributed by atoms with van der Waals surface area (Å²) < 4.78 is 0. The monoisotopic (exact) mass is 305 g/mol. The minimum atomic E-state index is -1.50. The van der Waals surface area contributed by atoms with E-state index in [1.807, 2.05) is 0 Å². The Morgan fingerprint density at radius 3 is 2.35 bits per heavy atom. The minimum Gasteiger partial charge on any atom is -0.504 e. The lowest BCUT2D eigenvalue weighted by molar-refractivity contribution is -0.152. The number of carbonyl (C=O) groups is 2. The van der Waals surface area contributed by atoms with Gasteiger partial charge < -0.3 is 10.2 Å². The van der Waals surface area contributed by atoms with Crippen LogP contribution in [0.3, 0.4) is 0 Å². The maximum Gasteiger partial charge on any atom is 0.278 e. The van der Waals surface area contributed by atoms with Gasteiger partial charge in [-0.2, -0.15) is 0 Å². The summed E-state index contributed by atoms with van der Waals surface area (Å²) in [6.45, 7) is 2.65. The molecule has 8 nitrogen and oxygen atoms in total. The van der Waals surface area contributed by atoms with Gasteiger partial charge >= 0.3 is 0 Å². The third kappa shape index (κ3) is 3.36. The fourth-order valence-corrected chi connectivity index (χ4v) is 1.27. The average Bonchev–Trinajstić information content (AvgIpc) is 2.39. The molecule has 0 spiro atoms. The van der Waals surface area contributed by atoms with Crippen LogP contribution in [-0.2, 0) is 9.63 Å². The van der Waals surface area contributed by atoms with E-state index in [0.29, 0.717) is 0 Å². The standard InChI is InChI=1S/C11H15N3O5.ClH/c1-11(2,19-13)10(18)14(12)9(17)6-4-3-5-7(15)8(6)16;/h3-5,15-16H,12-13H2,1-2H3;1H. The Balaban J connectivity index is 0.00000361. The number of phenols is 2. The number of halogens is 1. The topological polar surface area (TPSA) is 139 Å². The van der Waals surface area contributed by atoms with Crippen molar-refractivity contribution in [2.24, 2.45) is 11.7 Å². The van der Waals surface area contributed by atoms with E-state index >= 15 is 0 Å². The number of hydrogen-bond donors (Lipinski definition) is 4. The Labute approximate surface area is 121 Å². The molecule has 0 aromatic heterocycles. The molecule has 0 aliphatic rings. The highest BCUT2D eigenvalue weighted by Gasteiger charge is 2.35. The van der Waals surface area contributed by atoms with E-state index in [0.717, 1.165) is 0 Å². The summed E-state index contributed by atoms with van der Waals surface area (Å²) >= 11 is 0. The molecule has 20 heavy (non-hydrogen) atoms. The van der Waals surface area contributed by atoms with Crippen molar-refractivity contribution >= 4 is 24.2 Å². The van der Waals surface area contributed by atoms with Crippen molar-refractivity contribution in [2.75, 3.05) is 0 Å². The van der Waals surface area contributed by atoms with Gasteiger partial charge in [-0.3, -0.25) is 14.4 Å². The predicted molar refractivity (Wildman–Crippen MR) is 71.7 cm³/mol. The molecule has 2 amide bonds. The molecule has 1 rings (SSSR count). The van der Waals surface area contributed by atoms with Gasteiger partial charge in [0.05, 0.1) is 5.56 Å². The molecule has 0 bridgehead atoms. The van der Waals surface area contributed by atoms with Gasteiger partial charge in [0.15, 0.2) is 17.1 Å². The maximum absolute atomic E-state index is 11.9. The SMILES string of the molecule is CC(C)(ON)C(=O)N(N)C(=O)c1cccc(O)c1O.Cl. The molecule has 1 aromatic rings. The summed E-state index contributed by atoms with van der Waals surface area (Å²) in [5.41, 5.74) is -1.82. The van der Waals surface area contributed by atoms with Crippen LogP contribution >= 0.6 is 12.4 Å². The summed E-state index contributed by atoms with van der Waals surface area (Å²) in [4.78, 5) is 28.2. The molecular formula is C11H16ClN3O5. The fraction of sp³-hybridized carbons (Fsp3) is 0.273. The van der Waals surface area contributed by atoms with E-state index in [1.165, 1.54) is 32.0 Å². The third-order valence-corrected chi connectivity index (χ3v) is 2.49. The summed E-state index contributed by atoms with van der Waals surface area (Å²) in [7, 11) is 0. The van der Waals surface area contributed by atoms with Crippen LogP contribution in [0.1, 0.15) is 24.2 Å². The Kier molecular flexibility index (Phi) is 5.92. The lowest BCUT2D eigenvalue weighted by Crippen LogP contribution is -2.53. The smallest absolute Gasteiger partial charge is 0.278 e. The molecule has 0 aliphatic heterocycles. The lowest BCUT2D eigenvalue weighted by atomic mass is 10.1. The van der Waals surface area contributed by atoms with Gasteiger partial charge in [0.25, 0.3) is 11.8 Å². The molecule has 0 saturated carbocycles. The molecule has 0 radical (unpaired) electrons. The lowest BCUT2D eigenvalue weighted by Gasteiger charge is -2.25. The third-order valence-electron chi connectivity index (χ3n) is 2.49. The molecule has 6 N–H and O–H groups in total. The highest BCUT2D eigenvalue weighted by molar-refractivity contribution is 6.07. The zero-order valence-corrected chi connectivity index (χ0v) is 11.7. The first-order valence-electron chi connectivity index (χ1n) is 5.24. The zero-order valence-electron chi connectivity index (χ0n) is 10.9. The predicted octanol–water partition coefficient (Wildman–Crippen LogP) is 0.0310. The number of imide groups is 1. The number of phenolic OH excluding ortho intramolecular Hbond substituents is 2. The van der Waals surface area contributed by atoms with E-state index in [-0.39, 0.29) is 23.0 Å². The summed E-state index contributed by atoms with van der Waals surface area (Å²) in [5.74, 6) is 7.25. The number of carbonyl (C=O) groups excluding carboxylic acids is 2. The molecule has 0 heterocycles. The number of nitrogens with two attached hydrogens (primary N) is 2. The molecule has 9 heteroatoms. The van der Waals surface area contributed by atoms with E-state index in [4.69, 9.17) is 11.7 Å². The Morgan fingerprint density at radius 1 is 1.30 bits per heavy atom. The van der Waals surface area contributed by atoms with Crippen LogP contribution in [0.5, 0.6) is 11.5 Å². The summed E-state index contributed by atoms with van der Waals surface area (Å²) in [6, 6.07) is 3.72. The van der Waals surface area contributed by atoms with Crippen molar-refractivity contribution in [2.45, 2.75) is 19.4 Å².